The molecule has 0 radical (unpaired) electrons. The number of hydrogen-bond acceptors (Lipinski definition) is 6. The molecule has 1 aliphatic carbocycles. The van der Waals surface area contributed by atoms with Gasteiger partial charge in [0.05, 0.1) is 18.8 Å². The number of fused-ring (bicyclic) bond motifs is 3. The summed E-state index contributed by atoms with van der Waals surface area (Å²) in [5.74, 6) is 1.45. The average molecular weight is 453 g/mol. The van der Waals surface area contributed by atoms with Crippen molar-refractivity contribution in [1.82, 2.24) is 14.5 Å². The number of amides is 1. The second-order valence-corrected chi connectivity index (χ2v) is 9.86. The van der Waals surface area contributed by atoms with Crippen molar-refractivity contribution in [3.05, 3.63) is 51.4 Å². The summed E-state index contributed by atoms with van der Waals surface area (Å²) in [5, 5.41) is 0.733. The number of nitrogens with zero attached hydrogens (tertiary/aromatic N) is 4. The van der Waals surface area contributed by atoms with Crippen LogP contribution in [0, 0.1) is 5.92 Å². The first-order valence-electron chi connectivity index (χ1n) is 11.2. The second kappa shape index (κ2) is 8.58. The summed E-state index contributed by atoms with van der Waals surface area (Å²) in [6.45, 7) is 5.11. The number of ether oxygens (including phenoxy) is 1. The molecule has 7 nitrogen and oxygen atoms in total. The van der Waals surface area contributed by atoms with Gasteiger partial charge in [-0.25, -0.2) is 4.98 Å². The van der Waals surface area contributed by atoms with Crippen molar-refractivity contribution in [3.8, 4) is 5.75 Å². The molecule has 1 fully saturated rings. The molecule has 0 bridgehead atoms. The van der Waals surface area contributed by atoms with E-state index in [-0.39, 0.29) is 18.0 Å². The standard InChI is InChI=1S/C24H28N4O3S/c1-16-3-8-19-20(13-16)32-23-22(19)24(30)28(15-25-23)14-21(29)27-11-9-26(10-12-27)17-4-6-18(31-2)7-5-17/h4-7,15-16H,3,8-14H2,1-2H3. The minimum absolute atomic E-state index is 0.0275. The van der Waals surface area contributed by atoms with Crippen LogP contribution in [0.25, 0.3) is 10.2 Å². The molecule has 5 rings (SSSR count). The van der Waals surface area contributed by atoms with Crippen molar-refractivity contribution >= 4 is 33.1 Å². The van der Waals surface area contributed by atoms with E-state index < -0.39 is 0 Å². The van der Waals surface area contributed by atoms with Crippen LogP contribution in [0.4, 0.5) is 5.69 Å². The van der Waals surface area contributed by atoms with E-state index in [0.717, 1.165) is 59.6 Å². The average Bonchev–Trinajstić information content (AvgIpc) is 3.19. The zero-order valence-corrected chi connectivity index (χ0v) is 19.4. The Kier molecular flexibility index (Phi) is 5.63. The summed E-state index contributed by atoms with van der Waals surface area (Å²) in [4.78, 5) is 36.9. The maximum absolute atomic E-state index is 13.2. The van der Waals surface area contributed by atoms with Gasteiger partial charge in [0.15, 0.2) is 0 Å². The third-order valence-corrected chi connectivity index (χ3v) is 7.82. The maximum atomic E-state index is 13.2. The molecule has 0 saturated carbocycles. The highest BCUT2D eigenvalue weighted by molar-refractivity contribution is 7.18. The molecule has 1 aliphatic heterocycles. The monoisotopic (exact) mass is 452 g/mol. The van der Waals surface area contributed by atoms with Crippen LogP contribution >= 0.6 is 11.3 Å². The number of benzene rings is 1. The van der Waals surface area contributed by atoms with Crippen molar-refractivity contribution < 1.29 is 9.53 Å². The van der Waals surface area contributed by atoms with Crippen LogP contribution < -0.4 is 15.2 Å². The Bertz CT molecular complexity index is 1190. The fourth-order valence-corrected chi connectivity index (χ4v) is 6.07. The van der Waals surface area contributed by atoms with E-state index in [1.165, 1.54) is 9.44 Å². The van der Waals surface area contributed by atoms with Gasteiger partial charge in [0.25, 0.3) is 5.56 Å². The van der Waals surface area contributed by atoms with Crippen LogP contribution in [0.15, 0.2) is 35.4 Å². The van der Waals surface area contributed by atoms with E-state index in [0.29, 0.717) is 19.0 Å². The number of hydrogen-bond donors (Lipinski definition) is 0. The minimum atomic E-state index is -0.0766. The highest BCUT2D eigenvalue weighted by atomic mass is 32.1. The van der Waals surface area contributed by atoms with Crippen molar-refractivity contribution in [2.24, 2.45) is 5.92 Å². The lowest BCUT2D eigenvalue weighted by Gasteiger charge is -2.36. The van der Waals surface area contributed by atoms with Gasteiger partial charge in [0.1, 0.15) is 17.1 Å². The van der Waals surface area contributed by atoms with Gasteiger partial charge in [0.2, 0.25) is 5.91 Å². The minimum Gasteiger partial charge on any atom is -0.497 e. The highest BCUT2D eigenvalue weighted by Crippen LogP contribution is 2.35. The van der Waals surface area contributed by atoms with Crippen LogP contribution in [-0.2, 0) is 24.2 Å². The fraction of sp³-hybridized carbons (Fsp3) is 0.458. The lowest BCUT2D eigenvalue weighted by atomic mass is 9.89. The Morgan fingerprint density at radius 3 is 2.66 bits per heavy atom. The van der Waals surface area contributed by atoms with Crippen LogP contribution in [0.2, 0.25) is 0 Å². The summed E-state index contributed by atoms with van der Waals surface area (Å²) in [6, 6.07) is 7.98. The number of aromatic nitrogens is 2. The molecule has 0 N–H and O–H groups in total. The number of carbonyl (C=O) groups excluding carboxylic acids is 1. The van der Waals surface area contributed by atoms with Crippen molar-refractivity contribution in [3.63, 3.8) is 0 Å². The molecule has 1 amide bonds. The SMILES string of the molecule is COc1ccc(N2CCN(C(=O)Cn3cnc4sc5c(c4c3=O)CCC(C)C5)CC2)cc1. The van der Waals surface area contributed by atoms with E-state index in [1.54, 1.807) is 24.8 Å². The van der Waals surface area contributed by atoms with E-state index >= 15 is 0 Å². The largest absolute Gasteiger partial charge is 0.497 e. The smallest absolute Gasteiger partial charge is 0.262 e. The number of rotatable bonds is 4. The van der Waals surface area contributed by atoms with Crippen LogP contribution in [-0.4, -0.2) is 53.6 Å². The maximum Gasteiger partial charge on any atom is 0.262 e. The first kappa shape index (κ1) is 21.0. The van der Waals surface area contributed by atoms with Gasteiger partial charge in [0, 0.05) is 36.7 Å². The number of carbonyl (C=O) groups is 1. The molecular formula is C24H28N4O3S. The van der Waals surface area contributed by atoms with Gasteiger partial charge in [-0.2, -0.15) is 0 Å². The third kappa shape index (κ3) is 3.88. The van der Waals surface area contributed by atoms with Gasteiger partial charge < -0.3 is 14.5 Å². The Morgan fingerprint density at radius 2 is 1.94 bits per heavy atom. The summed E-state index contributed by atoms with van der Waals surface area (Å²) < 4.78 is 6.72. The van der Waals surface area contributed by atoms with E-state index in [2.05, 4.69) is 16.8 Å². The molecule has 2 aliphatic rings. The molecule has 0 spiro atoms. The Hall–Kier alpha value is -2.87. The van der Waals surface area contributed by atoms with Crippen molar-refractivity contribution in [2.75, 3.05) is 38.2 Å². The molecule has 1 saturated heterocycles. The van der Waals surface area contributed by atoms with Crippen LogP contribution in [0.1, 0.15) is 23.8 Å². The molecule has 2 aromatic heterocycles. The molecule has 32 heavy (non-hydrogen) atoms. The second-order valence-electron chi connectivity index (χ2n) is 8.78. The fourth-order valence-electron chi connectivity index (χ4n) is 4.73. The quantitative estimate of drug-likeness (QED) is 0.609. The van der Waals surface area contributed by atoms with Crippen LogP contribution in [0.3, 0.4) is 0 Å². The molecule has 1 atom stereocenters. The number of thiophene rings is 1. The lowest BCUT2D eigenvalue weighted by molar-refractivity contribution is -0.132. The van der Waals surface area contributed by atoms with Crippen molar-refractivity contribution in [1.29, 1.82) is 0 Å². The van der Waals surface area contributed by atoms with Gasteiger partial charge in [-0.3, -0.25) is 14.2 Å². The van der Waals surface area contributed by atoms with Gasteiger partial charge in [-0.05, 0) is 55.0 Å². The normalized spacial score (nSPS) is 18.6. The Balaban J connectivity index is 1.27. The third-order valence-electron chi connectivity index (χ3n) is 6.66. The van der Waals surface area contributed by atoms with Gasteiger partial charge >= 0.3 is 0 Å². The number of methoxy groups -OCH3 is 1. The summed E-state index contributed by atoms with van der Waals surface area (Å²) in [7, 11) is 1.66. The Morgan fingerprint density at radius 1 is 1.19 bits per heavy atom. The molecular weight excluding hydrogens is 424 g/mol. The summed E-state index contributed by atoms with van der Waals surface area (Å²) in [5.41, 5.74) is 2.21. The molecule has 3 aromatic rings. The molecule has 1 unspecified atom stereocenters. The first-order valence-corrected chi connectivity index (χ1v) is 12.0. The Labute approximate surface area is 191 Å². The molecule has 8 heteroatoms. The van der Waals surface area contributed by atoms with Gasteiger partial charge in [-0.15, -0.1) is 11.3 Å². The lowest BCUT2D eigenvalue weighted by Crippen LogP contribution is -2.50. The first-order chi connectivity index (χ1) is 15.5. The zero-order chi connectivity index (χ0) is 22.2. The molecule has 3 heterocycles. The number of piperazine rings is 1. The topological polar surface area (TPSA) is 67.7 Å². The molecule has 1 aromatic carbocycles. The molecule has 168 valence electrons. The summed E-state index contributed by atoms with van der Waals surface area (Å²) >= 11 is 1.64. The van der Waals surface area contributed by atoms with Crippen molar-refractivity contribution in [2.45, 2.75) is 32.7 Å². The van der Waals surface area contributed by atoms with E-state index in [1.807, 2.05) is 29.2 Å². The van der Waals surface area contributed by atoms with E-state index in [4.69, 9.17) is 4.74 Å². The number of aryl methyl sites for hydroxylation is 1. The predicted octanol–water partition coefficient (Wildman–Crippen LogP) is 2.94. The highest BCUT2D eigenvalue weighted by Gasteiger charge is 2.25. The predicted molar refractivity (Wildman–Crippen MR) is 127 cm³/mol. The zero-order valence-electron chi connectivity index (χ0n) is 18.5. The summed E-state index contributed by atoms with van der Waals surface area (Å²) in [6.07, 6.45) is 4.60. The van der Waals surface area contributed by atoms with E-state index in [9.17, 15) is 9.59 Å². The van der Waals surface area contributed by atoms with Gasteiger partial charge in [-0.1, -0.05) is 6.92 Å². The van der Waals surface area contributed by atoms with Crippen LogP contribution in [0.5, 0.6) is 5.75 Å². The number of anilines is 1.